The molecule has 5 rings (SSSR count). The molecule has 0 aliphatic carbocycles. The first-order valence-electron chi connectivity index (χ1n) is 11.2. The second kappa shape index (κ2) is 8.77. The summed E-state index contributed by atoms with van der Waals surface area (Å²) in [4.78, 5) is 22.8. The molecule has 1 fully saturated rings. The number of amides is 1. The quantitative estimate of drug-likeness (QED) is 0.437. The van der Waals surface area contributed by atoms with Gasteiger partial charge in [0.2, 0.25) is 0 Å². The lowest BCUT2D eigenvalue weighted by molar-refractivity contribution is 0.102. The van der Waals surface area contributed by atoms with Crippen molar-refractivity contribution in [1.29, 1.82) is 0 Å². The maximum Gasteiger partial charge on any atom is 0.259 e. The number of anilines is 2. The fourth-order valence-corrected chi connectivity index (χ4v) is 4.59. The van der Waals surface area contributed by atoms with Gasteiger partial charge < -0.3 is 24.1 Å². The van der Waals surface area contributed by atoms with Crippen LogP contribution in [0, 0.1) is 20.8 Å². The fraction of sp³-hybridized carbons (Fsp3) is 0.320. The Labute approximate surface area is 202 Å². The zero-order valence-electron chi connectivity index (χ0n) is 19.6. The van der Waals surface area contributed by atoms with E-state index in [0.717, 1.165) is 49.0 Å². The summed E-state index contributed by atoms with van der Waals surface area (Å²) in [5, 5.41) is 8.27. The van der Waals surface area contributed by atoms with Crippen LogP contribution in [0.15, 0.2) is 39.3 Å². The van der Waals surface area contributed by atoms with Gasteiger partial charge in [0, 0.05) is 36.8 Å². The van der Waals surface area contributed by atoms with Gasteiger partial charge in [0.15, 0.2) is 0 Å². The maximum atomic E-state index is 13.6. The molecule has 1 amide bonds. The predicted molar refractivity (Wildman–Crippen MR) is 133 cm³/mol. The number of piperazine rings is 1. The Kier molecular flexibility index (Phi) is 5.79. The molecule has 176 valence electrons. The van der Waals surface area contributed by atoms with Crippen LogP contribution in [0.25, 0.3) is 22.4 Å². The van der Waals surface area contributed by atoms with E-state index >= 15 is 0 Å². The Balaban J connectivity index is 1.55. The van der Waals surface area contributed by atoms with Crippen molar-refractivity contribution in [2.75, 3.05) is 43.4 Å². The van der Waals surface area contributed by atoms with Crippen LogP contribution in [-0.2, 0) is 0 Å². The zero-order valence-corrected chi connectivity index (χ0v) is 20.4. The van der Waals surface area contributed by atoms with Crippen molar-refractivity contribution in [3.8, 4) is 11.3 Å². The summed E-state index contributed by atoms with van der Waals surface area (Å²) in [5.41, 5.74) is 4.35. The summed E-state index contributed by atoms with van der Waals surface area (Å²) in [6.07, 6.45) is 0. The van der Waals surface area contributed by atoms with Crippen molar-refractivity contribution in [3.63, 3.8) is 0 Å². The van der Waals surface area contributed by atoms with E-state index in [0.29, 0.717) is 38.8 Å². The number of fused-ring (bicyclic) bond motifs is 1. The molecule has 4 heterocycles. The third kappa shape index (κ3) is 4.15. The Morgan fingerprint density at radius 3 is 2.56 bits per heavy atom. The van der Waals surface area contributed by atoms with E-state index in [1.54, 1.807) is 19.1 Å². The monoisotopic (exact) mass is 479 g/mol. The minimum atomic E-state index is -0.282. The molecule has 0 saturated carbocycles. The van der Waals surface area contributed by atoms with Gasteiger partial charge in [0.05, 0.1) is 33.7 Å². The second-order valence-corrected chi connectivity index (χ2v) is 9.17. The summed E-state index contributed by atoms with van der Waals surface area (Å²) in [6, 6.07) is 9.26. The number of hydrogen-bond acceptors (Lipinski definition) is 7. The van der Waals surface area contributed by atoms with E-state index in [1.165, 1.54) is 0 Å². The number of aromatic nitrogens is 2. The van der Waals surface area contributed by atoms with Gasteiger partial charge in [0.1, 0.15) is 11.5 Å². The molecule has 0 spiro atoms. The molecule has 3 aromatic heterocycles. The summed E-state index contributed by atoms with van der Waals surface area (Å²) < 4.78 is 11.1. The fourth-order valence-electron chi connectivity index (χ4n) is 4.42. The van der Waals surface area contributed by atoms with Crippen molar-refractivity contribution in [2.24, 2.45) is 0 Å². The minimum Gasteiger partial charge on any atom is -0.466 e. The SMILES string of the molecule is Cc1cc(-c2cc(C(=O)Nc3cc(Cl)ccc3N3CCN(C)CC3)c3c(C)noc3n2)c(C)o1. The van der Waals surface area contributed by atoms with Gasteiger partial charge in [-0.25, -0.2) is 4.98 Å². The molecular weight excluding hydrogens is 454 g/mol. The van der Waals surface area contributed by atoms with Gasteiger partial charge in [-0.15, -0.1) is 0 Å². The number of halogens is 1. The molecule has 4 aromatic rings. The Hall–Kier alpha value is -3.36. The lowest BCUT2D eigenvalue weighted by Gasteiger charge is -2.35. The highest BCUT2D eigenvalue weighted by atomic mass is 35.5. The van der Waals surface area contributed by atoms with Crippen LogP contribution in [0.3, 0.4) is 0 Å². The number of nitrogens with one attached hydrogen (secondary N) is 1. The number of carbonyl (C=O) groups excluding carboxylic acids is 1. The summed E-state index contributed by atoms with van der Waals surface area (Å²) >= 11 is 6.31. The molecule has 34 heavy (non-hydrogen) atoms. The first-order valence-corrected chi connectivity index (χ1v) is 11.6. The predicted octanol–water partition coefficient (Wildman–Crippen LogP) is 5.07. The topological polar surface area (TPSA) is 87.6 Å². The molecular formula is C25H26ClN5O3. The third-order valence-corrected chi connectivity index (χ3v) is 6.46. The maximum absolute atomic E-state index is 13.6. The Bertz CT molecular complexity index is 1380. The second-order valence-electron chi connectivity index (χ2n) is 8.74. The molecule has 0 bridgehead atoms. The lowest BCUT2D eigenvalue weighted by atomic mass is 10.0. The number of hydrogen-bond donors (Lipinski definition) is 1. The van der Waals surface area contributed by atoms with Crippen LogP contribution in [0.5, 0.6) is 0 Å². The van der Waals surface area contributed by atoms with Crippen LogP contribution >= 0.6 is 11.6 Å². The molecule has 1 aromatic carbocycles. The number of aryl methyl sites for hydroxylation is 3. The highest BCUT2D eigenvalue weighted by Gasteiger charge is 2.23. The largest absolute Gasteiger partial charge is 0.466 e. The van der Waals surface area contributed by atoms with Crippen LogP contribution in [0.2, 0.25) is 5.02 Å². The van der Waals surface area contributed by atoms with E-state index in [4.69, 9.17) is 20.5 Å². The molecule has 0 unspecified atom stereocenters. The summed E-state index contributed by atoms with van der Waals surface area (Å²) in [5.74, 6) is 1.21. The third-order valence-electron chi connectivity index (χ3n) is 6.23. The molecule has 9 heteroatoms. The average molecular weight is 480 g/mol. The van der Waals surface area contributed by atoms with E-state index in [-0.39, 0.29) is 5.91 Å². The smallest absolute Gasteiger partial charge is 0.259 e. The normalized spacial score (nSPS) is 14.7. The van der Waals surface area contributed by atoms with E-state index in [1.807, 2.05) is 32.0 Å². The van der Waals surface area contributed by atoms with Crippen molar-refractivity contribution in [1.82, 2.24) is 15.0 Å². The van der Waals surface area contributed by atoms with Crippen LogP contribution < -0.4 is 10.2 Å². The van der Waals surface area contributed by atoms with Gasteiger partial charge in [-0.1, -0.05) is 16.8 Å². The average Bonchev–Trinajstić information content (AvgIpc) is 3.35. The van der Waals surface area contributed by atoms with Gasteiger partial charge in [-0.2, -0.15) is 0 Å². The highest BCUT2D eigenvalue weighted by Crippen LogP contribution is 2.33. The number of furan rings is 1. The molecule has 0 atom stereocenters. The highest BCUT2D eigenvalue weighted by molar-refractivity contribution is 6.31. The van der Waals surface area contributed by atoms with Crippen molar-refractivity contribution in [2.45, 2.75) is 20.8 Å². The molecule has 8 nitrogen and oxygen atoms in total. The van der Waals surface area contributed by atoms with Crippen LogP contribution in [-0.4, -0.2) is 54.2 Å². The van der Waals surface area contributed by atoms with Gasteiger partial charge in [-0.3, -0.25) is 4.79 Å². The van der Waals surface area contributed by atoms with Crippen molar-refractivity contribution in [3.05, 3.63) is 58.1 Å². The first kappa shape index (κ1) is 22.4. The summed E-state index contributed by atoms with van der Waals surface area (Å²) in [7, 11) is 2.11. The van der Waals surface area contributed by atoms with Crippen LogP contribution in [0.1, 0.15) is 27.6 Å². The first-order chi connectivity index (χ1) is 16.3. The Morgan fingerprint density at radius 2 is 1.85 bits per heavy atom. The number of nitrogens with zero attached hydrogens (tertiary/aromatic N) is 4. The summed E-state index contributed by atoms with van der Waals surface area (Å²) in [6.45, 7) is 9.19. The Morgan fingerprint density at radius 1 is 1.09 bits per heavy atom. The number of pyridine rings is 1. The van der Waals surface area contributed by atoms with Crippen molar-refractivity contribution < 1.29 is 13.7 Å². The molecule has 1 N–H and O–H groups in total. The van der Waals surface area contributed by atoms with E-state index in [9.17, 15) is 4.79 Å². The van der Waals surface area contributed by atoms with Gasteiger partial charge in [0.25, 0.3) is 11.6 Å². The van der Waals surface area contributed by atoms with E-state index < -0.39 is 0 Å². The minimum absolute atomic E-state index is 0.282. The number of benzene rings is 1. The standard InChI is InChI=1S/C25H26ClN5O3/c1-14-11-18(16(3)33-14)20-13-19(23-15(2)29-34-25(23)28-20)24(32)27-21-12-17(26)5-6-22(21)31-9-7-30(4)8-10-31/h5-6,11-13H,7-10H2,1-4H3,(H,27,32). The van der Waals surface area contributed by atoms with Crippen molar-refractivity contribution >= 4 is 40.0 Å². The van der Waals surface area contributed by atoms with E-state index in [2.05, 4.69) is 32.3 Å². The number of carbonyl (C=O) groups is 1. The van der Waals surface area contributed by atoms with Crippen LogP contribution in [0.4, 0.5) is 11.4 Å². The lowest BCUT2D eigenvalue weighted by Crippen LogP contribution is -2.44. The number of rotatable bonds is 4. The van der Waals surface area contributed by atoms with Gasteiger partial charge in [-0.05, 0) is 58.2 Å². The van der Waals surface area contributed by atoms with Gasteiger partial charge >= 0.3 is 0 Å². The molecule has 0 radical (unpaired) electrons. The zero-order chi connectivity index (χ0) is 24.0. The number of likely N-dealkylation sites (N-methyl/N-ethyl adjacent to an activating group) is 1. The molecule has 1 aliphatic rings. The molecule has 1 aliphatic heterocycles. The molecule has 1 saturated heterocycles.